The third-order valence-corrected chi connectivity index (χ3v) is 3.50. The fraction of sp³-hybridized carbons (Fsp3) is 0.714. The van der Waals surface area contributed by atoms with Crippen LogP contribution in [0.1, 0.15) is 45.3 Å². The van der Waals surface area contributed by atoms with Gasteiger partial charge in [-0.1, -0.05) is 19.0 Å². The molecule has 1 fully saturated rings. The molecule has 1 aromatic rings. The Bertz CT molecular complexity index is 540. The first-order valence-electron chi connectivity index (χ1n) is 7.25. The maximum absolute atomic E-state index is 12.4. The second-order valence-corrected chi connectivity index (χ2v) is 6.16. The zero-order valence-electron chi connectivity index (χ0n) is 13.0. The van der Waals surface area contributed by atoms with E-state index in [9.17, 15) is 9.59 Å². The SMILES string of the molecule is Cc1noc(CCCN2C(=O)N[C@@](C)(CC(C)C)C2=O)n1. The van der Waals surface area contributed by atoms with Crippen LogP contribution in [0, 0.1) is 12.8 Å². The van der Waals surface area contributed by atoms with Crippen LogP contribution < -0.4 is 5.32 Å². The molecule has 1 N–H and O–H groups in total. The number of imide groups is 1. The number of hydrogen-bond donors (Lipinski definition) is 1. The summed E-state index contributed by atoms with van der Waals surface area (Å²) in [5, 5.41) is 6.51. The van der Waals surface area contributed by atoms with E-state index in [1.54, 1.807) is 13.8 Å². The zero-order chi connectivity index (χ0) is 15.6. The Kier molecular flexibility index (Phi) is 4.29. The molecule has 1 aliphatic rings. The van der Waals surface area contributed by atoms with Gasteiger partial charge in [-0.2, -0.15) is 4.98 Å². The molecule has 1 aromatic heterocycles. The van der Waals surface area contributed by atoms with Crippen molar-refractivity contribution in [2.45, 2.75) is 52.5 Å². The Labute approximate surface area is 124 Å². The largest absolute Gasteiger partial charge is 0.339 e. The number of amides is 3. The highest BCUT2D eigenvalue weighted by Crippen LogP contribution is 2.25. The van der Waals surface area contributed by atoms with Gasteiger partial charge in [0.25, 0.3) is 5.91 Å². The lowest BCUT2D eigenvalue weighted by Gasteiger charge is -2.23. The molecule has 21 heavy (non-hydrogen) atoms. The molecule has 7 heteroatoms. The van der Waals surface area contributed by atoms with Crippen molar-refractivity contribution in [1.29, 1.82) is 0 Å². The Morgan fingerprint density at radius 1 is 1.38 bits per heavy atom. The molecule has 1 aliphatic heterocycles. The van der Waals surface area contributed by atoms with Gasteiger partial charge in [0.15, 0.2) is 5.82 Å². The Balaban J connectivity index is 1.91. The number of aryl methyl sites for hydroxylation is 2. The molecular weight excluding hydrogens is 272 g/mol. The van der Waals surface area contributed by atoms with Crippen molar-refractivity contribution in [3.63, 3.8) is 0 Å². The number of hydrogen-bond acceptors (Lipinski definition) is 5. The zero-order valence-corrected chi connectivity index (χ0v) is 13.0. The summed E-state index contributed by atoms with van der Waals surface area (Å²) in [6, 6.07) is -0.315. The maximum atomic E-state index is 12.4. The van der Waals surface area contributed by atoms with E-state index in [0.717, 1.165) is 0 Å². The number of carbonyl (C=O) groups is 2. The van der Waals surface area contributed by atoms with E-state index in [4.69, 9.17) is 4.52 Å². The molecule has 0 radical (unpaired) electrons. The van der Waals surface area contributed by atoms with Gasteiger partial charge in [0, 0.05) is 13.0 Å². The average molecular weight is 294 g/mol. The van der Waals surface area contributed by atoms with Crippen LogP contribution in [-0.4, -0.2) is 39.1 Å². The fourth-order valence-corrected chi connectivity index (χ4v) is 2.73. The van der Waals surface area contributed by atoms with Crippen LogP contribution >= 0.6 is 0 Å². The van der Waals surface area contributed by atoms with Gasteiger partial charge in [0.1, 0.15) is 5.54 Å². The summed E-state index contributed by atoms with van der Waals surface area (Å²) in [6.07, 6.45) is 1.80. The Morgan fingerprint density at radius 2 is 2.10 bits per heavy atom. The minimum absolute atomic E-state index is 0.150. The Hall–Kier alpha value is -1.92. The van der Waals surface area contributed by atoms with Crippen molar-refractivity contribution in [3.05, 3.63) is 11.7 Å². The van der Waals surface area contributed by atoms with Crippen LogP contribution in [0.3, 0.4) is 0 Å². The second kappa shape index (κ2) is 5.83. The molecule has 0 unspecified atom stereocenters. The molecule has 1 atom stereocenters. The molecule has 1 saturated heterocycles. The standard InChI is InChI=1S/C14H22N4O3/c1-9(2)8-14(4)12(19)18(13(20)16-14)7-5-6-11-15-10(3)17-21-11/h9H,5-8H2,1-4H3,(H,16,20)/t14-/m0/s1. The summed E-state index contributed by atoms with van der Waals surface area (Å²) in [5.74, 6) is 1.30. The van der Waals surface area contributed by atoms with E-state index >= 15 is 0 Å². The summed E-state index contributed by atoms with van der Waals surface area (Å²) in [6.45, 7) is 7.96. The van der Waals surface area contributed by atoms with Crippen molar-refractivity contribution in [2.75, 3.05) is 6.54 Å². The van der Waals surface area contributed by atoms with Gasteiger partial charge in [-0.05, 0) is 32.6 Å². The van der Waals surface area contributed by atoms with Gasteiger partial charge < -0.3 is 9.84 Å². The number of carbonyl (C=O) groups excluding carboxylic acids is 2. The molecular formula is C14H22N4O3. The third-order valence-electron chi connectivity index (χ3n) is 3.50. The summed E-state index contributed by atoms with van der Waals surface area (Å²) in [7, 11) is 0. The number of aromatic nitrogens is 2. The van der Waals surface area contributed by atoms with E-state index in [2.05, 4.69) is 15.5 Å². The van der Waals surface area contributed by atoms with Gasteiger partial charge in [-0.15, -0.1) is 0 Å². The lowest BCUT2D eigenvalue weighted by molar-refractivity contribution is -0.131. The predicted molar refractivity (Wildman–Crippen MR) is 75.5 cm³/mol. The molecule has 3 amide bonds. The highest BCUT2D eigenvalue weighted by Gasteiger charge is 2.47. The number of nitrogens with one attached hydrogen (secondary N) is 1. The first-order chi connectivity index (χ1) is 9.82. The smallest absolute Gasteiger partial charge is 0.325 e. The van der Waals surface area contributed by atoms with E-state index < -0.39 is 5.54 Å². The molecule has 0 bridgehead atoms. The number of rotatable bonds is 6. The highest BCUT2D eigenvalue weighted by molar-refractivity contribution is 6.06. The molecule has 0 aliphatic carbocycles. The molecule has 0 aromatic carbocycles. The topological polar surface area (TPSA) is 88.3 Å². The van der Waals surface area contributed by atoms with Gasteiger partial charge >= 0.3 is 6.03 Å². The minimum atomic E-state index is -0.785. The van der Waals surface area contributed by atoms with Crippen LogP contribution in [0.5, 0.6) is 0 Å². The number of urea groups is 1. The van der Waals surface area contributed by atoms with E-state index in [-0.39, 0.29) is 11.9 Å². The summed E-state index contributed by atoms with van der Waals surface area (Å²) in [5.41, 5.74) is -0.785. The fourth-order valence-electron chi connectivity index (χ4n) is 2.73. The monoisotopic (exact) mass is 294 g/mol. The first-order valence-corrected chi connectivity index (χ1v) is 7.25. The third kappa shape index (κ3) is 3.40. The number of nitrogens with zero attached hydrogens (tertiary/aromatic N) is 3. The van der Waals surface area contributed by atoms with Crippen LogP contribution in [0.2, 0.25) is 0 Å². The molecule has 7 nitrogen and oxygen atoms in total. The molecule has 0 saturated carbocycles. The summed E-state index contributed by atoms with van der Waals surface area (Å²) in [4.78, 5) is 29.8. The second-order valence-electron chi connectivity index (χ2n) is 6.16. The highest BCUT2D eigenvalue weighted by atomic mass is 16.5. The Morgan fingerprint density at radius 3 is 2.67 bits per heavy atom. The predicted octanol–water partition coefficient (Wildman–Crippen LogP) is 1.67. The van der Waals surface area contributed by atoms with Crippen LogP contribution in [0.25, 0.3) is 0 Å². The lowest BCUT2D eigenvalue weighted by atomic mass is 9.91. The quantitative estimate of drug-likeness (QED) is 0.806. The van der Waals surface area contributed by atoms with Gasteiger partial charge in [0.05, 0.1) is 0 Å². The molecule has 2 rings (SSSR count). The van der Waals surface area contributed by atoms with Gasteiger partial charge in [-0.3, -0.25) is 9.69 Å². The average Bonchev–Trinajstić information content (AvgIpc) is 2.85. The van der Waals surface area contributed by atoms with Crippen molar-refractivity contribution in [1.82, 2.24) is 20.4 Å². The van der Waals surface area contributed by atoms with Gasteiger partial charge in [-0.25, -0.2) is 4.79 Å². The van der Waals surface area contributed by atoms with Crippen LogP contribution in [0.15, 0.2) is 4.52 Å². The normalized spacial score (nSPS) is 22.2. The summed E-state index contributed by atoms with van der Waals surface area (Å²) >= 11 is 0. The van der Waals surface area contributed by atoms with Crippen molar-refractivity contribution in [3.8, 4) is 0 Å². The van der Waals surface area contributed by atoms with Crippen molar-refractivity contribution in [2.24, 2.45) is 5.92 Å². The molecule has 2 heterocycles. The van der Waals surface area contributed by atoms with Crippen LogP contribution in [0.4, 0.5) is 4.79 Å². The van der Waals surface area contributed by atoms with Crippen molar-refractivity contribution >= 4 is 11.9 Å². The summed E-state index contributed by atoms with van der Waals surface area (Å²) < 4.78 is 5.01. The lowest BCUT2D eigenvalue weighted by Crippen LogP contribution is -2.45. The maximum Gasteiger partial charge on any atom is 0.325 e. The first kappa shape index (κ1) is 15.5. The molecule has 116 valence electrons. The van der Waals surface area contributed by atoms with Crippen LogP contribution in [-0.2, 0) is 11.2 Å². The van der Waals surface area contributed by atoms with E-state index in [1.807, 2.05) is 13.8 Å². The van der Waals surface area contributed by atoms with Crippen molar-refractivity contribution < 1.29 is 14.1 Å². The molecule has 0 spiro atoms. The van der Waals surface area contributed by atoms with Gasteiger partial charge in [0.2, 0.25) is 5.89 Å². The minimum Gasteiger partial charge on any atom is -0.339 e. The van der Waals surface area contributed by atoms with E-state index in [1.165, 1.54) is 4.90 Å². The van der Waals surface area contributed by atoms with E-state index in [0.29, 0.717) is 43.4 Å².